The second-order valence-corrected chi connectivity index (χ2v) is 5.96. The van der Waals surface area contributed by atoms with Gasteiger partial charge >= 0.3 is 6.03 Å². The average Bonchev–Trinajstić information content (AvgIpc) is 2.90. The van der Waals surface area contributed by atoms with E-state index in [2.05, 4.69) is 20.7 Å². The number of urea groups is 1. The van der Waals surface area contributed by atoms with Crippen molar-refractivity contribution in [2.24, 2.45) is 7.05 Å². The average molecular weight is 337 g/mol. The van der Waals surface area contributed by atoms with Gasteiger partial charge in [0, 0.05) is 18.6 Å². The third-order valence-electron chi connectivity index (χ3n) is 3.18. The number of nitrogens with zero attached hydrogens (tertiary/aromatic N) is 4. The van der Waals surface area contributed by atoms with Gasteiger partial charge in [-0.1, -0.05) is 23.7 Å². The zero-order chi connectivity index (χ0) is 16.8. The predicted molar refractivity (Wildman–Crippen MR) is 89.1 cm³/mol. The van der Waals surface area contributed by atoms with E-state index < -0.39 is 0 Å². The summed E-state index contributed by atoms with van der Waals surface area (Å²) in [7, 11) is 5.70. The highest BCUT2D eigenvalue weighted by atomic mass is 35.5. The summed E-state index contributed by atoms with van der Waals surface area (Å²) < 4.78 is 1.59. The monoisotopic (exact) mass is 336 g/mol. The Labute approximate surface area is 140 Å². The first-order chi connectivity index (χ1) is 10.9. The van der Waals surface area contributed by atoms with Gasteiger partial charge in [-0.3, -0.25) is 4.68 Å². The first kappa shape index (κ1) is 17.2. The van der Waals surface area contributed by atoms with Gasteiger partial charge in [-0.15, -0.1) is 0 Å². The molecular formula is C15H21ClN6O. The van der Waals surface area contributed by atoms with E-state index >= 15 is 0 Å². The number of hydrogen-bond acceptors (Lipinski definition) is 4. The number of carbonyl (C=O) groups is 1. The number of benzene rings is 1. The molecule has 0 fully saturated rings. The van der Waals surface area contributed by atoms with Crippen LogP contribution in [0.1, 0.15) is 17.4 Å². The molecule has 2 amide bonds. The van der Waals surface area contributed by atoms with Gasteiger partial charge in [0.2, 0.25) is 0 Å². The molecule has 1 unspecified atom stereocenters. The van der Waals surface area contributed by atoms with Crippen molar-refractivity contribution >= 4 is 17.6 Å². The van der Waals surface area contributed by atoms with Crippen LogP contribution < -0.4 is 10.6 Å². The number of aromatic nitrogens is 3. The van der Waals surface area contributed by atoms with Crippen molar-refractivity contribution < 1.29 is 4.79 Å². The SMILES string of the molecule is CN(C)CC(NC(=O)NCc1ncn(C)n1)c1ccc(Cl)cc1. The second-order valence-electron chi connectivity index (χ2n) is 5.53. The van der Waals surface area contributed by atoms with E-state index in [1.54, 1.807) is 18.1 Å². The lowest BCUT2D eigenvalue weighted by Crippen LogP contribution is -2.41. The van der Waals surface area contributed by atoms with Crippen LogP contribution in [0.4, 0.5) is 4.79 Å². The second kappa shape index (κ2) is 7.94. The minimum atomic E-state index is -0.265. The third kappa shape index (κ3) is 5.54. The molecule has 7 nitrogen and oxygen atoms in total. The fourth-order valence-corrected chi connectivity index (χ4v) is 2.25. The van der Waals surface area contributed by atoms with Crippen LogP contribution in [0.25, 0.3) is 0 Å². The van der Waals surface area contributed by atoms with Crippen LogP contribution in [0, 0.1) is 0 Å². The first-order valence-electron chi connectivity index (χ1n) is 7.23. The number of carbonyl (C=O) groups excluding carboxylic acids is 1. The van der Waals surface area contributed by atoms with Crippen molar-refractivity contribution in [3.63, 3.8) is 0 Å². The Morgan fingerprint density at radius 2 is 2.04 bits per heavy atom. The molecule has 1 atom stereocenters. The molecule has 2 rings (SSSR count). The summed E-state index contributed by atoms with van der Waals surface area (Å²) in [5.74, 6) is 0.568. The Balaban J connectivity index is 1.96. The molecule has 124 valence electrons. The zero-order valence-corrected chi connectivity index (χ0v) is 14.2. The molecule has 0 saturated carbocycles. The molecule has 0 aliphatic heterocycles. The summed E-state index contributed by atoms with van der Waals surface area (Å²) in [5, 5.41) is 10.5. The molecule has 0 bridgehead atoms. The van der Waals surface area contributed by atoms with Gasteiger partial charge in [0.15, 0.2) is 5.82 Å². The molecule has 0 radical (unpaired) electrons. The molecule has 8 heteroatoms. The Bertz CT molecular complexity index is 640. The minimum absolute atomic E-state index is 0.140. The fraction of sp³-hybridized carbons (Fsp3) is 0.400. The molecule has 0 aliphatic carbocycles. The van der Waals surface area contributed by atoms with Crippen LogP contribution in [-0.4, -0.2) is 46.3 Å². The Kier molecular flexibility index (Phi) is 5.95. The topological polar surface area (TPSA) is 75.1 Å². The third-order valence-corrected chi connectivity index (χ3v) is 3.43. The van der Waals surface area contributed by atoms with E-state index in [1.807, 2.05) is 43.3 Å². The van der Waals surface area contributed by atoms with E-state index in [1.165, 1.54) is 0 Å². The van der Waals surface area contributed by atoms with E-state index in [0.29, 0.717) is 17.4 Å². The molecule has 23 heavy (non-hydrogen) atoms. The van der Waals surface area contributed by atoms with Crippen molar-refractivity contribution in [3.05, 3.63) is 47.0 Å². The number of nitrogens with one attached hydrogen (secondary N) is 2. The summed E-state index contributed by atoms with van der Waals surface area (Å²) >= 11 is 5.92. The fourth-order valence-electron chi connectivity index (χ4n) is 2.13. The van der Waals surface area contributed by atoms with Gasteiger partial charge in [-0.25, -0.2) is 9.78 Å². The van der Waals surface area contributed by atoms with Crippen LogP contribution in [0.15, 0.2) is 30.6 Å². The van der Waals surface area contributed by atoms with Gasteiger partial charge in [-0.2, -0.15) is 5.10 Å². The van der Waals surface area contributed by atoms with Crippen molar-refractivity contribution in [2.75, 3.05) is 20.6 Å². The van der Waals surface area contributed by atoms with E-state index in [9.17, 15) is 4.79 Å². The van der Waals surface area contributed by atoms with Crippen molar-refractivity contribution in [1.82, 2.24) is 30.3 Å². The maximum atomic E-state index is 12.1. The van der Waals surface area contributed by atoms with Crippen molar-refractivity contribution in [2.45, 2.75) is 12.6 Å². The Morgan fingerprint density at radius 1 is 1.35 bits per heavy atom. The molecule has 2 N–H and O–H groups in total. The lowest BCUT2D eigenvalue weighted by molar-refractivity contribution is 0.232. The molecule has 0 spiro atoms. The van der Waals surface area contributed by atoms with Crippen LogP contribution in [0.2, 0.25) is 5.02 Å². The van der Waals surface area contributed by atoms with Crippen LogP contribution in [-0.2, 0) is 13.6 Å². The molecule has 2 aromatic rings. The highest BCUT2D eigenvalue weighted by Crippen LogP contribution is 2.17. The number of aryl methyl sites for hydroxylation is 1. The summed E-state index contributed by atoms with van der Waals surface area (Å²) in [6.07, 6.45) is 1.59. The smallest absolute Gasteiger partial charge is 0.315 e. The highest BCUT2D eigenvalue weighted by Gasteiger charge is 2.15. The molecule has 0 aliphatic rings. The van der Waals surface area contributed by atoms with Crippen LogP contribution in [0.5, 0.6) is 0 Å². The van der Waals surface area contributed by atoms with Crippen molar-refractivity contribution in [3.8, 4) is 0 Å². The number of likely N-dealkylation sites (N-methyl/N-ethyl adjacent to an activating group) is 1. The Hall–Kier alpha value is -2.12. The van der Waals surface area contributed by atoms with Gasteiger partial charge < -0.3 is 15.5 Å². The highest BCUT2D eigenvalue weighted by molar-refractivity contribution is 6.30. The predicted octanol–water partition coefficient (Wildman–Crippen LogP) is 1.57. The number of hydrogen-bond donors (Lipinski definition) is 2. The summed E-state index contributed by atoms with van der Waals surface area (Å²) in [6, 6.07) is 7.06. The standard InChI is InChI=1S/C15H21ClN6O/c1-21(2)9-13(11-4-6-12(16)7-5-11)19-15(23)17-8-14-18-10-22(3)20-14/h4-7,10,13H,8-9H2,1-3H3,(H2,17,19,23). The summed E-state index contributed by atoms with van der Waals surface area (Å²) in [4.78, 5) is 18.2. The summed E-state index contributed by atoms with van der Waals surface area (Å²) in [5.41, 5.74) is 0.995. The van der Waals surface area contributed by atoms with E-state index in [0.717, 1.165) is 5.56 Å². The lowest BCUT2D eigenvalue weighted by Gasteiger charge is -2.23. The maximum Gasteiger partial charge on any atom is 0.315 e. The van der Waals surface area contributed by atoms with Crippen LogP contribution >= 0.6 is 11.6 Å². The maximum absolute atomic E-state index is 12.1. The molecule has 1 heterocycles. The van der Waals surface area contributed by atoms with Gasteiger partial charge in [0.1, 0.15) is 6.33 Å². The molecule has 0 saturated heterocycles. The molecule has 1 aromatic carbocycles. The van der Waals surface area contributed by atoms with Gasteiger partial charge in [0.05, 0.1) is 12.6 Å². The molecular weight excluding hydrogens is 316 g/mol. The minimum Gasteiger partial charge on any atom is -0.331 e. The van der Waals surface area contributed by atoms with Gasteiger partial charge in [-0.05, 0) is 31.8 Å². The first-order valence-corrected chi connectivity index (χ1v) is 7.61. The van der Waals surface area contributed by atoms with Crippen LogP contribution in [0.3, 0.4) is 0 Å². The number of rotatable bonds is 6. The number of amides is 2. The van der Waals surface area contributed by atoms with E-state index in [4.69, 9.17) is 11.6 Å². The zero-order valence-electron chi connectivity index (χ0n) is 13.5. The summed E-state index contributed by atoms with van der Waals surface area (Å²) in [6.45, 7) is 0.957. The Morgan fingerprint density at radius 3 is 2.61 bits per heavy atom. The quantitative estimate of drug-likeness (QED) is 0.839. The lowest BCUT2D eigenvalue weighted by atomic mass is 10.1. The molecule has 1 aromatic heterocycles. The van der Waals surface area contributed by atoms with E-state index in [-0.39, 0.29) is 18.6 Å². The van der Waals surface area contributed by atoms with Crippen molar-refractivity contribution in [1.29, 1.82) is 0 Å². The number of halogens is 1. The van der Waals surface area contributed by atoms with Gasteiger partial charge in [0.25, 0.3) is 0 Å². The largest absolute Gasteiger partial charge is 0.331 e. The normalized spacial score (nSPS) is 12.2.